The van der Waals surface area contributed by atoms with E-state index in [0.29, 0.717) is 5.69 Å². The summed E-state index contributed by atoms with van der Waals surface area (Å²) in [5.74, 6) is -0.440. The van der Waals surface area contributed by atoms with Crippen molar-refractivity contribution in [3.8, 4) is 0 Å². The molecule has 0 radical (unpaired) electrons. The highest BCUT2D eigenvalue weighted by Gasteiger charge is 2.30. The molecule has 4 nitrogen and oxygen atoms in total. The maximum absolute atomic E-state index is 12.7. The number of nitrogens with zero attached hydrogens (tertiary/aromatic N) is 1. The number of hydrogen-bond acceptors (Lipinski definition) is 3. The number of benzene rings is 2. The van der Waals surface area contributed by atoms with Gasteiger partial charge in [0, 0.05) is 36.4 Å². The third-order valence-electron chi connectivity index (χ3n) is 5.02. The number of rotatable bonds is 4. The van der Waals surface area contributed by atoms with Gasteiger partial charge < -0.3 is 9.73 Å². The SMILES string of the molecule is O=C(Nc1ccc2c(c1)CN(Cc1ccoc1)CC2)c1ccc(C(F)(F)F)cc1. The number of nitrogens with one attached hydrogen (secondary N) is 1. The Hall–Kier alpha value is -3.06. The Morgan fingerprint density at radius 2 is 1.86 bits per heavy atom. The lowest BCUT2D eigenvalue weighted by Gasteiger charge is -2.28. The minimum Gasteiger partial charge on any atom is -0.472 e. The van der Waals surface area contributed by atoms with Gasteiger partial charge in [0.2, 0.25) is 0 Å². The van der Waals surface area contributed by atoms with Gasteiger partial charge in [-0.15, -0.1) is 0 Å². The second-order valence-electron chi connectivity index (χ2n) is 7.10. The first kappa shape index (κ1) is 19.3. The number of furan rings is 1. The predicted molar refractivity (Wildman–Crippen MR) is 102 cm³/mol. The first-order valence-electron chi connectivity index (χ1n) is 9.22. The Morgan fingerprint density at radius 3 is 2.55 bits per heavy atom. The molecule has 29 heavy (non-hydrogen) atoms. The van der Waals surface area contributed by atoms with Crippen molar-refractivity contribution in [1.82, 2.24) is 4.90 Å². The zero-order valence-electron chi connectivity index (χ0n) is 15.5. The van der Waals surface area contributed by atoms with E-state index in [9.17, 15) is 18.0 Å². The van der Waals surface area contributed by atoms with Gasteiger partial charge in [-0.1, -0.05) is 6.07 Å². The highest BCUT2D eigenvalue weighted by Crippen LogP contribution is 2.29. The summed E-state index contributed by atoms with van der Waals surface area (Å²) in [4.78, 5) is 14.7. The fraction of sp³-hybridized carbons (Fsp3) is 0.227. The molecule has 1 aromatic heterocycles. The van der Waals surface area contributed by atoms with Crippen molar-refractivity contribution in [2.24, 2.45) is 0 Å². The van der Waals surface area contributed by atoms with Crippen molar-refractivity contribution in [1.29, 1.82) is 0 Å². The Kier molecular flexibility index (Phi) is 5.15. The fourth-order valence-electron chi connectivity index (χ4n) is 3.48. The smallest absolute Gasteiger partial charge is 0.416 e. The number of anilines is 1. The average Bonchev–Trinajstić information content (AvgIpc) is 3.20. The number of halogens is 3. The van der Waals surface area contributed by atoms with Crippen LogP contribution in [0.15, 0.2) is 65.5 Å². The summed E-state index contributed by atoms with van der Waals surface area (Å²) in [6, 6.07) is 11.9. The number of hydrogen-bond donors (Lipinski definition) is 1. The first-order valence-corrected chi connectivity index (χ1v) is 9.22. The van der Waals surface area contributed by atoms with Crippen LogP contribution in [0, 0.1) is 0 Å². The lowest BCUT2D eigenvalue weighted by molar-refractivity contribution is -0.137. The molecule has 0 unspecified atom stereocenters. The number of alkyl halides is 3. The van der Waals surface area contributed by atoms with Gasteiger partial charge in [-0.05, 0) is 60.0 Å². The van der Waals surface area contributed by atoms with Crippen molar-refractivity contribution in [3.63, 3.8) is 0 Å². The molecule has 1 aliphatic rings. The van der Waals surface area contributed by atoms with Crippen molar-refractivity contribution in [2.75, 3.05) is 11.9 Å². The third-order valence-corrected chi connectivity index (χ3v) is 5.02. The minimum atomic E-state index is -4.42. The zero-order valence-corrected chi connectivity index (χ0v) is 15.5. The van der Waals surface area contributed by atoms with Gasteiger partial charge in [-0.3, -0.25) is 9.69 Å². The summed E-state index contributed by atoms with van der Waals surface area (Å²) in [6.45, 7) is 2.48. The highest BCUT2D eigenvalue weighted by molar-refractivity contribution is 6.04. The lowest BCUT2D eigenvalue weighted by Crippen LogP contribution is -2.30. The molecule has 7 heteroatoms. The number of carbonyl (C=O) groups is 1. The molecular weight excluding hydrogens is 381 g/mol. The zero-order chi connectivity index (χ0) is 20.4. The van der Waals surface area contributed by atoms with Crippen LogP contribution in [0.2, 0.25) is 0 Å². The molecule has 0 saturated carbocycles. The largest absolute Gasteiger partial charge is 0.472 e. The average molecular weight is 400 g/mol. The van der Waals surface area contributed by atoms with Gasteiger partial charge in [0.25, 0.3) is 5.91 Å². The molecular formula is C22H19F3N2O2. The van der Waals surface area contributed by atoms with Gasteiger partial charge in [-0.2, -0.15) is 13.2 Å². The lowest BCUT2D eigenvalue weighted by atomic mass is 9.98. The van der Waals surface area contributed by atoms with Crippen LogP contribution in [-0.2, 0) is 25.7 Å². The minimum absolute atomic E-state index is 0.178. The van der Waals surface area contributed by atoms with Crippen LogP contribution in [0.4, 0.5) is 18.9 Å². The first-order chi connectivity index (χ1) is 13.9. The van der Waals surface area contributed by atoms with Gasteiger partial charge >= 0.3 is 6.18 Å². The number of amides is 1. The summed E-state index contributed by atoms with van der Waals surface area (Å²) in [5.41, 5.74) is 3.50. The van der Waals surface area contributed by atoms with Crippen LogP contribution >= 0.6 is 0 Å². The topological polar surface area (TPSA) is 45.5 Å². The Morgan fingerprint density at radius 1 is 1.07 bits per heavy atom. The summed E-state index contributed by atoms with van der Waals surface area (Å²) >= 11 is 0. The summed E-state index contributed by atoms with van der Waals surface area (Å²) in [7, 11) is 0. The maximum Gasteiger partial charge on any atom is 0.416 e. The van der Waals surface area contributed by atoms with E-state index in [4.69, 9.17) is 4.42 Å². The Labute approximate surface area is 165 Å². The van der Waals surface area contributed by atoms with Crippen LogP contribution in [0.5, 0.6) is 0 Å². The van der Waals surface area contributed by atoms with Crippen molar-refractivity contribution < 1.29 is 22.4 Å². The molecule has 3 aromatic rings. The van der Waals surface area contributed by atoms with E-state index in [1.54, 1.807) is 12.5 Å². The summed E-state index contributed by atoms with van der Waals surface area (Å²) < 4.78 is 43.1. The van der Waals surface area contributed by atoms with Crippen LogP contribution < -0.4 is 5.32 Å². The van der Waals surface area contributed by atoms with E-state index in [1.165, 1.54) is 17.7 Å². The molecule has 2 heterocycles. The number of carbonyl (C=O) groups excluding carboxylic acids is 1. The van der Waals surface area contributed by atoms with Gasteiger partial charge in [0.1, 0.15) is 0 Å². The highest BCUT2D eigenvalue weighted by atomic mass is 19.4. The molecule has 150 valence electrons. The van der Waals surface area contributed by atoms with Gasteiger partial charge in [0.15, 0.2) is 0 Å². The molecule has 0 aliphatic carbocycles. The van der Waals surface area contributed by atoms with Crippen molar-refractivity contribution in [2.45, 2.75) is 25.7 Å². The maximum atomic E-state index is 12.7. The van der Waals surface area contributed by atoms with E-state index >= 15 is 0 Å². The molecule has 0 saturated heterocycles. The molecule has 0 fully saturated rings. The van der Waals surface area contributed by atoms with E-state index in [-0.39, 0.29) is 5.56 Å². The Balaban J connectivity index is 1.44. The van der Waals surface area contributed by atoms with E-state index < -0.39 is 17.6 Å². The van der Waals surface area contributed by atoms with Crippen LogP contribution in [0.25, 0.3) is 0 Å². The predicted octanol–water partition coefficient (Wildman–Crippen LogP) is 5.11. The van der Waals surface area contributed by atoms with Crippen molar-refractivity contribution >= 4 is 11.6 Å². The van der Waals surface area contributed by atoms with Crippen LogP contribution in [0.3, 0.4) is 0 Å². The van der Waals surface area contributed by atoms with E-state index in [0.717, 1.165) is 49.3 Å². The molecule has 1 aliphatic heterocycles. The fourth-order valence-corrected chi connectivity index (χ4v) is 3.48. The quantitative estimate of drug-likeness (QED) is 0.662. The normalized spacial score (nSPS) is 14.4. The van der Waals surface area contributed by atoms with Crippen molar-refractivity contribution in [3.05, 3.63) is 88.9 Å². The van der Waals surface area contributed by atoms with E-state index in [1.807, 2.05) is 24.3 Å². The summed E-state index contributed by atoms with van der Waals surface area (Å²) in [5, 5.41) is 2.77. The standard InChI is InChI=1S/C22H19F3N2O2/c23-22(24,25)19-4-1-17(2-5-19)21(28)26-20-6-3-16-7-9-27(13-18(16)11-20)12-15-8-10-29-14-15/h1-6,8,10-11,14H,7,9,12-13H2,(H,26,28). The number of fused-ring (bicyclic) bond motifs is 1. The molecule has 4 rings (SSSR count). The van der Waals surface area contributed by atoms with Gasteiger partial charge in [0.05, 0.1) is 18.1 Å². The molecule has 1 amide bonds. The Bertz CT molecular complexity index is 996. The van der Waals surface area contributed by atoms with Crippen LogP contribution in [0.1, 0.15) is 32.6 Å². The third kappa shape index (κ3) is 4.51. The second-order valence-corrected chi connectivity index (χ2v) is 7.10. The molecule has 0 spiro atoms. The molecule has 0 atom stereocenters. The monoisotopic (exact) mass is 400 g/mol. The molecule has 1 N–H and O–H groups in total. The van der Waals surface area contributed by atoms with Crippen LogP contribution in [-0.4, -0.2) is 17.4 Å². The molecule has 0 bridgehead atoms. The van der Waals surface area contributed by atoms with E-state index in [2.05, 4.69) is 10.2 Å². The van der Waals surface area contributed by atoms with Gasteiger partial charge in [-0.25, -0.2) is 0 Å². The molecule has 2 aromatic carbocycles. The second kappa shape index (κ2) is 7.75. The summed E-state index contributed by atoms with van der Waals surface area (Å²) in [6.07, 6.45) is -0.117.